The van der Waals surface area contributed by atoms with Gasteiger partial charge in [-0.25, -0.2) is 9.29 Å². The van der Waals surface area contributed by atoms with Crippen LogP contribution in [0.15, 0.2) is 54.6 Å². The molecule has 4 rings (SSSR count). The second kappa shape index (κ2) is 5.78. The lowest BCUT2D eigenvalue weighted by Gasteiger charge is -2.19. The number of anilines is 2. The minimum atomic E-state index is -0.641. The van der Waals surface area contributed by atoms with Crippen molar-refractivity contribution in [1.29, 1.82) is 0 Å². The fraction of sp³-hybridized carbons (Fsp3) is 0.167. The molecule has 126 valence electrons. The Hall–Kier alpha value is -3.06. The van der Waals surface area contributed by atoms with Crippen molar-refractivity contribution in [2.45, 2.75) is 12.1 Å². The largest absolute Gasteiger partial charge is 0.325 e. The number of carbonyl (C=O) groups is 3. The van der Waals surface area contributed by atoms with Crippen LogP contribution in [0.3, 0.4) is 0 Å². The van der Waals surface area contributed by atoms with Gasteiger partial charge in [0.1, 0.15) is 17.9 Å². The van der Waals surface area contributed by atoms with Gasteiger partial charge in [0, 0.05) is 5.69 Å². The predicted octanol–water partition coefficient (Wildman–Crippen LogP) is 1.39. The quantitative estimate of drug-likeness (QED) is 0.675. The predicted molar refractivity (Wildman–Crippen MR) is 88.2 cm³/mol. The molecule has 0 aliphatic carbocycles. The molecule has 0 saturated carbocycles. The number of hydrogen-bond acceptors (Lipinski definition) is 4. The van der Waals surface area contributed by atoms with E-state index in [2.05, 4.69) is 5.32 Å². The number of benzene rings is 2. The molecule has 0 bridgehead atoms. The molecule has 0 radical (unpaired) electrons. The summed E-state index contributed by atoms with van der Waals surface area (Å²) in [6.45, 7) is -0.0430. The van der Waals surface area contributed by atoms with Crippen LogP contribution in [0.25, 0.3) is 0 Å². The van der Waals surface area contributed by atoms with Gasteiger partial charge in [-0.2, -0.15) is 0 Å². The van der Waals surface area contributed by atoms with Crippen molar-refractivity contribution in [3.63, 3.8) is 0 Å². The summed E-state index contributed by atoms with van der Waals surface area (Å²) in [5.41, 5.74) is 0.870. The summed E-state index contributed by atoms with van der Waals surface area (Å²) in [6.07, 6.45) is 0. The molecule has 1 unspecified atom stereocenters. The number of para-hydroxylation sites is 1. The zero-order chi connectivity index (χ0) is 17.6. The topological polar surface area (TPSA) is 69.5 Å². The average Bonchev–Trinajstić information content (AvgIpc) is 3.21. The van der Waals surface area contributed by atoms with Crippen LogP contribution < -0.4 is 10.2 Å². The maximum Gasteiger partial charge on any atom is 0.253 e. The summed E-state index contributed by atoms with van der Waals surface area (Å²) >= 11 is 0. The highest BCUT2D eigenvalue weighted by Crippen LogP contribution is 2.39. The van der Waals surface area contributed by atoms with Crippen LogP contribution in [0.1, 0.15) is 0 Å². The molecule has 7 heteroatoms. The van der Waals surface area contributed by atoms with Gasteiger partial charge in [-0.05, 0) is 30.3 Å². The summed E-state index contributed by atoms with van der Waals surface area (Å²) in [7, 11) is 0. The molecule has 2 aliphatic heterocycles. The Morgan fingerprint density at radius 2 is 1.68 bits per heavy atom. The molecule has 25 heavy (non-hydrogen) atoms. The lowest BCUT2D eigenvalue weighted by Crippen LogP contribution is -2.40. The first-order valence-electron chi connectivity index (χ1n) is 7.80. The van der Waals surface area contributed by atoms with E-state index in [-0.39, 0.29) is 18.1 Å². The molecule has 3 atom stereocenters. The lowest BCUT2D eigenvalue weighted by atomic mass is 10.3. The Balaban J connectivity index is 1.42. The van der Waals surface area contributed by atoms with Gasteiger partial charge >= 0.3 is 0 Å². The van der Waals surface area contributed by atoms with E-state index in [1.165, 1.54) is 18.2 Å². The van der Waals surface area contributed by atoms with Gasteiger partial charge in [-0.15, -0.1) is 0 Å². The van der Waals surface area contributed by atoms with E-state index in [4.69, 9.17) is 0 Å². The third-order valence-electron chi connectivity index (χ3n) is 4.32. The van der Waals surface area contributed by atoms with Crippen LogP contribution in [0.4, 0.5) is 15.8 Å². The molecule has 2 heterocycles. The van der Waals surface area contributed by atoms with Crippen molar-refractivity contribution >= 4 is 29.1 Å². The van der Waals surface area contributed by atoms with Gasteiger partial charge in [0.05, 0.1) is 12.2 Å². The molecular formula is C18H14FN3O3. The summed E-state index contributed by atoms with van der Waals surface area (Å²) < 4.78 is 13.3. The van der Waals surface area contributed by atoms with E-state index in [9.17, 15) is 18.8 Å². The Labute approximate surface area is 142 Å². The number of rotatable bonds is 4. The number of fused-ring (bicyclic) bond motifs is 1. The highest BCUT2D eigenvalue weighted by molar-refractivity contribution is 6.28. The van der Waals surface area contributed by atoms with E-state index < -0.39 is 29.7 Å². The van der Waals surface area contributed by atoms with E-state index in [1.54, 1.807) is 29.2 Å². The van der Waals surface area contributed by atoms with Gasteiger partial charge < -0.3 is 5.32 Å². The van der Waals surface area contributed by atoms with Crippen molar-refractivity contribution in [2.75, 3.05) is 16.8 Å². The Morgan fingerprint density at radius 1 is 1.00 bits per heavy atom. The van der Waals surface area contributed by atoms with E-state index in [0.717, 1.165) is 11.0 Å². The normalized spacial score (nSPS) is 24.2. The first-order valence-corrected chi connectivity index (χ1v) is 7.80. The molecule has 3 amide bonds. The molecule has 2 aromatic rings. The van der Waals surface area contributed by atoms with E-state index >= 15 is 0 Å². The molecule has 1 N–H and O–H groups in total. The molecule has 0 spiro atoms. The third-order valence-corrected chi connectivity index (χ3v) is 4.32. The highest BCUT2D eigenvalue weighted by Gasteiger charge is 2.66. The smallest absolute Gasteiger partial charge is 0.253 e. The Bertz CT molecular complexity index is 849. The van der Waals surface area contributed by atoms with Gasteiger partial charge in [-0.1, -0.05) is 24.3 Å². The summed E-state index contributed by atoms with van der Waals surface area (Å²) in [6, 6.07) is 13.0. The number of nitrogens with zero attached hydrogens (tertiary/aromatic N) is 2. The monoisotopic (exact) mass is 339 g/mol. The molecule has 2 aliphatic rings. The molecule has 2 fully saturated rings. The molecule has 2 aromatic carbocycles. The maximum atomic E-state index is 13.3. The van der Waals surface area contributed by atoms with Crippen molar-refractivity contribution in [3.8, 4) is 0 Å². The summed E-state index contributed by atoms with van der Waals surface area (Å²) in [5, 5.41) is 2.72. The van der Waals surface area contributed by atoms with Gasteiger partial charge in [0.25, 0.3) is 11.8 Å². The van der Waals surface area contributed by atoms with Crippen LogP contribution in [0.5, 0.6) is 0 Å². The fourth-order valence-electron chi connectivity index (χ4n) is 3.16. The van der Waals surface area contributed by atoms with Gasteiger partial charge in [0.15, 0.2) is 0 Å². The Morgan fingerprint density at radius 3 is 2.32 bits per heavy atom. The highest BCUT2D eigenvalue weighted by atomic mass is 19.1. The number of piperazine rings is 1. The fourth-order valence-corrected chi connectivity index (χ4v) is 3.16. The van der Waals surface area contributed by atoms with Crippen LogP contribution >= 0.6 is 0 Å². The van der Waals surface area contributed by atoms with Crippen molar-refractivity contribution in [3.05, 3.63) is 60.4 Å². The van der Waals surface area contributed by atoms with Crippen molar-refractivity contribution in [1.82, 2.24) is 4.90 Å². The van der Waals surface area contributed by atoms with Crippen LogP contribution in [-0.4, -0.2) is 41.2 Å². The van der Waals surface area contributed by atoms with Crippen molar-refractivity contribution < 1.29 is 18.8 Å². The minimum absolute atomic E-state index is 0.0430. The number of nitrogens with one attached hydrogen (secondary N) is 1. The average molecular weight is 339 g/mol. The molecule has 6 nitrogen and oxygen atoms in total. The molecular weight excluding hydrogens is 325 g/mol. The number of hydrogen-bond donors (Lipinski definition) is 1. The number of amides is 3. The molecule has 2 saturated heterocycles. The first-order chi connectivity index (χ1) is 12.1. The first kappa shape index (κ1) is 15.5. The second-order valence-corrected chi connectivity index (χ2v) is 5.97. The zero-order valence-electron chi connectivity index (χ0n) is 13.1. The number of carbonyl (C=O) groups excluding carboxylic acids is 3. The lowest BCUT2D eigenvalue weighted by molar-refractivity contribution is -0.124. The van der Waals surface area contributed by atoms with Crippen LogP contribution in [0.2, 0.25) is 0 Å². The Kier molecular flexibility index (Phi) is 3.58. The third kappa shape index (κ3) is 2.68. The SMILES string of the molecule is O=C(CN1[C@@H]2C(=O)N(c3cccc(F)c3)C(=O)[C@@H]21)Nc1ccccc1. The van der Waals surface area contributed by atoms with E-state index in [1.807, 2.05) is 6.07 Å². The molecule has 0 aromatic heterocycles. The number of imide groups is 1. The van der Waals surface area contributed by atoms with Crippen molar-refractivity contribution in [2.24, 2.45) is 0 Å². The summed E-state index contributed by atoms with van der Waals surface area (Å²) in [5.74, 6) is -1.66. The standard InChI is InChI=1S/C18H14FN3O3/c19-11-5-4-8-13(9-11)22-17(24)15-16(18(22)25)21(15)10-14(23)20-12-6-2-1-3-7-12/h1-9,15-16H,10H2,(H,20,23)/t15-,16+,21?. The van der Waals surface area contributed by atoms with Gasteiger partial charge in [0.2, 0.25) is 5.91 Å². The second-order valence-electron chi connectivity index (χ2n) is 5.97. The number of halogens is 1. The zero-order valence-corrected chi connectivity index (χ0v) is 13.1. The minimum Gasteiger partial charge on any atom is -0.325 e. The van der Waals surface area contributed by atoms with Gasteiger partial charge in [-0.3, -0.25) is 19.3 Å². The van der Waals surface area contributed by atoms with E-state index in [0.29, 0.717) is 5.69 Å². The summed E-state index contributed by atoms with van der Waals surface area (Å²) in [4.78, 5) is 39.5. The van der Waals surface area contributed by atoms with Crippen LogP contribution in [0, 0.1) is 5.82 Å². The maximum absolute atomic E-state index is 13.3. The van der Waals surface area contributed by atoms with Crippen LogP contribution in [-0.2, 0) is 14.4 Å².